The van der Waals surface area contributed by atoms with Gasteiger partial charge in [-0.1, -0.05) is 77.3 Å². The van der Waals surface area contributed by atoms with Gasteiger partial charge < -0.3 is 15.2 Å². The summed E-state index contributed by atoms with van der Waals surface area (Å²) in [5.41, 5.74) is 6.52. The second kappa shape index (κ2) is 22.8. The number of rotatable bonds is 12. The van der Waals surface area contributed by atoms with Gasteiger partial charge >= 0.3 is 11.9 Å². The van der Waals surface area contributed by atoms with E-state index < -0.39 is 6.04 Å². The Labute approximate surface area is 195 Å². The Morgan fingerprint density at radius 1 is 0.935 bits per heavy atom. The molecular weight excluding hydrogens is 416 g/mol. The van der Waals surface area contributed by atoms with Crippen LogP contribution in [-0.2, 0) is 19.1 Å². The third kappa shape index (κ3) is 17.5. The van der Waals surface area contributed by atoms with E-state index in [0.29, 0.717) is 13.2 Å². The van der Waals surface area contributed by atoms with E-state index in [1.165, 1.54) is 0 Å². The lowest BCUT2D eigenvalue weighted by Crippen LogP contribution is -2.32. The van der Waals surface area contributed by atoms with Gasteiger partial charge in [0.2, 0.25) is 0 Å². The maximum atomic E-state index is 11.7. The highest BCUT2D eigenvalue weighted by Crippen LogP contribution is 2.07. The second-order valence-electron chi connectivity index (χ2n) is 6.60. The molecule has 1 aromatic rings. The molecule has 180 valence electrons. The van der Waals surface area contributed by atoms with Crippen LogP contribution in [0, 0.1) is 0 Å². The first-order valence-corrected chi connectivity index (χ1v) is 10.7. The Balaban J connectivity index is -0.000000528. The van der Waals surface area contributed by atoms with E-state index in [9.17, 15) is 9.59 Å². The largest absolute Gasteiger partial charge is 0.465 e. The number of nitrogens with two attached hydrogens (primary N) is 1. The lowest BCUT2D eigenvalue weighted by Gasteiger charge is -2.10. The number of carbonyl (C=O) groups is 2. The number of unbranched alkanes of at least 4 members (excludes halogenated alkanes) is 2. The summed E-state index contributed by atoms with van der Waals surface area (Å²) in [4.78, 5) is 27.0. The molecule has 0 spiro atoms. The molecule has 0 saturated heterocycles. The number of ether oxygens (including phenoxy) is 2. The Hall–Kier alpha value is -1.92. The highest BCUT2D eigenvalue weighted by atomic mass is 35.5. The predicted molar refractivity (Wildman–Crippen MR) is 132 cm³/mol. The van der Waals surface area contributed by atoms with Crippen LogP contribution in [0.3, 0.4) is 0 Å². The summed E-state index contributed by atoms with van der Waals surface area (Å²) in [6.45, 7) is 8.59. The first-order valence-electron chi connectivity index (χ1n) is 10.7. The van der Waals surface area contributed by atoms with Crippen LogP contribution in [-0.4, -0.2) is 43.5 Å². The number of hydrogen-bond donors (Lipinski definition) is 1. The van der Waals surface area contributed by atoms with Crippen LogP contribution >= 0.6 is 12.4 Å². The average Bonchev–Trinajstić information content (AvgIpc) is 2.73. The summed E-state index contributed by atoms with van der Waals surface area (Å²) in [7, 11) is 0. The van der Waals surface area contributed by atoms with Crippen LogP contribution in [0.25, 0.3) is 0 Å². The molecule has 2 atom stereocenters. The topological polar surface area (TPSA) is 91.0 Å². The highest BCUT2D eigenvalue weighted by molar-refractivity contribution is 5.85. The molecule has 0 bridgehead atoms. The van der Waals surface area contributed by atoms with Crippen LogP contribution in [0.15, 0.2) is 35.3 Å². The average molecular weight is 459 g/mol. The van der Waals surface area contributed by atoms with Crippen molar-refractivity contribution in [2.24, 2.45) is 10.7 Å². The Morgan fingerprint density at radius 3 is 1.97 bits per heavy atom. The molecule has 0 aliphatic heterocycles. The number of halogens is 1. The van der Waals surface area contributed by atoms with Crippen LogP contribution in [0.4, 0.5) is 0 Å². The van der Waals surface area contributed by atoms with Crippen molar-refractivity contribution in [2.75, 3.05) is 13.2 Å². The predicted octanol–water partition coefficient (Wildman–Crippen LogP) is 5.35. The molecular formula is C24H43ClN2O4. The first-order chi connectivity index (χ1) is 14.0. The van der Waals surface area contributed by atoms with Crippen molar-refractivity contribution in [1.82, 2.24) is 0 Å². The van der Waals surface area contributed by atoms with Gasteiger partial charge in [0.1, 0.15) is 12.1 Å². The van der Waals surface area contributed by atoms with Gasteiger partial charge in [-0.05, 0) is 32.3 Å². The second-order valence-corrected chi connectivity index (χ2v) is 6.60. The van der Waals surface area contributed by atoms with Crippen molar-refractivity contribution in [2.45, 2.75) is 85.7 Å². The van der Waals surface area contributed by atoms with E-state index in [1.54, 1.807) is 13.1 Å². The number of benzene rings is 1. The zero-order valence-corrected chi connectivity index (χ0v) is 19.7. The molecule has 0 aliphatic carbocycles. The first kappa shape index (κ1) is 33.7. The molecule has 31 heavy (non-hydrogen) atoms. The minimum Gasteiger partial charge on any atom is -0.465 e. The number of carbonyl (C=O) groups excluding carboxylic acids is 2. The molecule has 0 heterocycles. The van der Waals surface area contributed by atoms with E-state index in [4.69, 9.17) is 15.2 Å². The maximum Gasteiger partial charge on any atom is 0.330 e. The number of esters is 2. The molecule has 0 fully saturated rings. The molecule has 2 N–H and O–H groups in total. The number of hydrogen-bond acceptors (Lipinski definition) is 6. The van der Waals surface area contributed by atoms with Gasteiger partial charge in [0.25, 0.3) is 0 Å². The van der Waals surface area contributed by atoms with E-state index in [1.807, 2.05) is 37.3 Å². The smallest absolute Gasteiger partial charge is 0.330 e. The molecule has 2 unspecified atom stereocenters. The van der Waals surface area contributed by atoms with Crippen LogP contribution in [0.5, 0.6) is 0 Å². The van der Waals surface area contributed by atoms with Crippen LogP contribution < -0.4 is 5.73 Å². The van der Waals surface area contributed by atoms with Crippen molar-refractivity contribution in [3.63, 3.8) is 0 Å². The Bertz CT molecular complexity index is 582. The van der Waals surface area contributed by atoms with Crippen molar-refractivity contribution >= 4 is 30.6 Å². The van der Waals surface area contributed by atoms with Crippen molar-refractivity contribution < 1.29 is 19.1 Å². The lowest BCUT2D eigenvalue weighted by molar-refractivity contribution is -0.145. The minimum atomic E-state index is -0.421. The summed E-state index contributed by atoms with van der Waals surface area (Å²) in [5, 5.41) is 0. The van der Waals surface area contributed by atoms with Crippen LogP contribution in [0.1, 0.15) is 79.2 Å². The third-order valence-corrected chi connectivity index (χ3v) is 4.05. The SMILES string of the molecule is C.CCCCC(N)C(=O)OCC.CCCCC(N=Cc1ccccc1)C(=O)OCC.Cl. The standard InChI is InChI=1S/C15H21NO2.C8H17NO2.CH4.ClH/c1-3-5-11-14(15(17)18-4-2)16-12-13-9-7-6-8-10-13;1-3-5-6-7(9)8(10)11-4-2;;/h6-10,12,14H,3-5,11H2,1-2H3;7H,3-6,9H2,1-2H3;1H4;1H. The lowest BCUT2D eigenvalue weighted by atomic mass is 10.1. The molecule has 0 radical (unpaired) electrons. The summed E-state index contributed by atoms with van der Waals surface area (Å²) in [6.07, 6.45) is 7.31. The fourth-order valence-electron chi connectivity index (χ4n) is 2.40. The fourth-order valence-corrected chi connectivity index (χ4v) is 2.40. The van der Waals surface area contributed by atoms with Gasteiger partial charge in [-0.25, -0.2) is 4.79 Å². The molecule has 0 aromatic heterocycles. The summed E-state index contributed by atoms with van der Waals surface area (Å²) in [6, 6.07) is 8.99. The Kier molecular flexibility index (Phi) is 24.7. The quantitative estimate of drug-likeness (QED) is 0.336. The van der Waals surface area contributed by atoms with Crippen molar-refractivity contribution in [1.29, 1.82) is 0 Å². The molecule has 1 aromatic carbocycles. The van der Waals surface area contributed by atoms with E-state index >= 15 is 0 Å². The van der Waals surface area contributed by atoms with Gasteiger partial charge in [0.05, 0.1) is 13.2 Å². The monoisotopic (exact) mass is 458 g/mol. The molecule has 0 saturated carbocycles. The van der Waals surface area contributed by atoms with E-state index in [0.717, 1.165) is 44.1 Å². The normalized spacial score (nSPS) is 11.8. The highest BCUT2D eigenvalue weighted by Gasteiger charge is 2.17. The zero-order valence-electron chi connectivity index (χ0n) is 18.8. The van der Waals surface area contributed by atoms with Gasteiger partial charge in [0.15, 0.2) is 0 Å². The summed E-state index contributed by atoms with van der Waals surface area (Å²) >= 11 is 0. The zero-order chi connectivity index (χ0) is 21.9. The van der Waals surface area contributed by atoms with Gasteiger partial charge in [-0.3, -0.25) is 9.79 Å². The van der Waals surface area contributed by atoms with Gasteiger partial charge in [0, 0.05) is 6.21 Å². The van der Waals surface area contributed by atoms with E-state index in [2.05, 4.69) is 18.8 Å². The maximum absolute atomic E-state index is 11.7. The number of aliphatic imine (C=N–C) groups is 1. The van der Waals surface area contributed by atoms with Gasteiger partial charge in [-0.15, -0.1) is 12.4 Å². The fraction of sp³-hybridized carbons (Fsp3) is 0.625. The van der Waals surface area contributed by atoms with E-state index in [-0.39, 0.29) is 37.8 Å². The molecule has 7 heteroatoms. The van der Waals surface area contributed by atoms with Crippen molar-refractivity contribution in [3.8, 4) is 0 Å². The Morgan fingerprint density at radius 2 is 1.45 bits per heavy atom. The van der Waals surface area contributed by atoms with Crippen molar-refractivity contribution in [3.05, 3.63) is 35.9 Å². The molecule has 0 aliphatic rings. The summed E-state index contributed by atoms with van der Waals surface area (Å²) < 4.78 is 9.77. The minimum absolute atomic E-state index is 0. The van der Waals surface area contributed by atoms with Gasteiger partial charge in [-0.2, -0.15) is 0 Å². The third-order valence-electron chi connectivity index (χ3n) is 4.05. The summed E-state index contributed by atoms with van der Waals surface area (Å²) in [5.74, 6) is -0.501. The molecule has 1 rings (SSSR count). The van der Waals surface area contributed by atoms with Crippen LogP contribution in [0.2, 0.25) is 0 Å². The molecule has 6 nitrogen and oxygen atoms in total. The number of nitrogens with zero attached hydrogens (tertiary/aromatic N) is 1. The molecule has 0 amide bonds.